The van der Waals surface area contributed by atoms with Crippen LogP contribution in [-0.2, 0) is 4.79 Å². The standard InChI is InChI=1S/C25H30N6OS.3ClH/c1-16-9-11-27-23(13-16)30-22-4-2-3-20(29-22)21-14-28-24(33-21)17-5-7-18(8-6-17)25(32)31-12-10-19(26)15-31;;;/h2-4,9,11,13-14,17-19H,5-8,10,12,15,26H2,1H3,(H,27,29,30);3*1H/t17-,18-,19?;;;. The Morgan fingerprint density at radius 1 is 1.06 bits per heavy atom. The predicted molar refractivity (Wildman–Crippen MR) is 153 cm³/mol. The van der Waals surface area contributed by atoms with Gasteiger partial charge >= 0.3 is 0 Å². The summed E-state index contributed by atoms with van der Waals surface area (Å²) >= 11 is 1.72. The Morgan fingerprint density at radius 3 is 2.53 bits per heavy atom. The molecule has 1 amide bonds. The Balaban J connectivity index is 0.00000152. The van der Waals surface area contributed by atoms with Crippen molar-refractivity contribution in [1.82, 2.24) is 19.9 Å². The van der Waals surface area contributed by atoms with Gasteiger partial charge in [0.15, 0.2) is 0 Å². The second kappa shape index (κ2) is 13.5. The molecule has 1 atom stereocenters. The van der Waals surface area contributed by atoms with E-state index in [9.17, 15) is 4.79 Å². The van der Waals surface area contributed by atoms with Crippen LogP contribution in [0.2, 0.25) is 0 Å². The fourth-order valence-electron chi connectivity index (χ4n) is 4.81. The van der Waals surface area contributed by atoms with Crippen LogP contribution >= 0.6 is 48.6 Å². The van der Waals surface area contributed by atoms with E-state index in [1.165, 1.54) is 0 Å². The first-order chi connectivity index (χ1) is 16.0. The smallest absolute Gasteiger partial charge is 0.225 e. The highest BCUT2D eigenvalue weighted by atomic mass is 35.5. The number of hydrogen-bond donors (Lipinski definition) is 2. The molecule has 196 valence electrons. The van der Waals surface area contributed by atoms with Gasteiger partial charge in [0.2, 0.25) is 5.91 Å². The van der Waals surface area contributed by atoms with Gasteiger partial charge in [0, 0.05) is 43.4 Å². The largest absolute Gasteiger partial charge is 0.341 e. The minimum absolute atomic E-state index is 0. The maximum Gasteiger partial charge on any atom is 0.225 e. The van der Waals surface area contributed by atoms with E-state index in [4.69, 9.17) is 15.7 Å². The molecule has 0 radical (unpaired) electrons. The number of nitrogens with two attached hydrogens (primary N) is 1. The number of aromatic nitrogens is 3. The van der Waals surface area contributed by atoms with Crippen molar-refractivity contribution in [3.05, 3.63) is 53.3 Å². The normalized spacial score (nSPS) is 21.1. The number of pyridine rings is 2. The molecule has 3 aromatic rings. The van der Waals surface area contributed by atoms with E-state index in [-0.39, 0.29) is 49.2 Å². The predicted octanol–water partition coefficient (Wildman–Crippen LogP) is 5.75. The summed E-state index contributed by atoms with van der Waals surface area (Å²) in [5.41, 5.74) is 8.04. The van der Waals surface area contributed by atoms with E-state index in [1.54, 1.807) is 17.5 Å². The fraction of sp³-hybridized carbons (Fsp3) is 0.440. The third kappa shape index (κ3) is 7.07. The van der Waals surface area contributed by atoms with Gasteiger partial charge in [-0.25, -0.2) is 15.0 Å². The fourth-order valence-corrected chi connectivity index (χ4v) is 5.86. The number of hydrogen-bond acceptors (Lipinski definition) is 7. The van der Waals surface area contributed by atoms with Crippen LogP contribution < -0.4 is 11.1 Å². The quantitative estimate of drug-likeness (QED) is 0.405. The highest BCUT2D eigenvalue weighted by Crippen LogP contribution is 2.40. The molecule has 4 heterocycles. The number of nitrogens with one attached hydrogen (secondary N) is 1. The Morgan fingerprint density at radius 2 is 1.83 bits per heavy atom. The van der Waals surface area contributed by atoms with Crippen molar-refractivity contribution in [2.45, 2.75) is 51.0 Å². The number of amides is 1. The van der Waals surface area contributed by atoms with Crippen LogP contribution in [-0.4, -0.2) is 44.9 Å². The highest BCUT2D eigenvalue weighted by Gasteiger charge is 2.33. The molecular formula is C25H33Cl3N6OS. The summed E-state index contributed by atoms with van der Waals surface area (Å²) < 4.78 is 0. The Labute approximate surface area is 234 Å². The summed E-state index contributed by atoms with van der Waals surface area (Å²) in [6, 6.07) is 10.1. The molecule has 3 aromatic heterocycles. The number of carbonyl (C=O) groups excluding carboxylic acids is 1. The summed E-state index contributed by atoms with van der Waals surface area (Å²) in [7, 11) is 0. The van der Waals surface area contributed by atoms with Gasteiger partial charge in [0.05, 0.1) is 15.6 Å². The van der Waals surface area contributed by atoms with Gasteiger partial charge in [-0.3, -0.25) is 4.79 Å². The van der Waals surface area contributed by atoms with Crippen LogP contribution in [0.4, 0.5) is 11.6 Å². The van der Waals surface area contributed by atoms with Gasteiger partial charge in [-0.15, -0.1) is 48.6 Å². The molecule has 11 heteroatoms. The van der Waals surface area contributed by atoms with Gasteiger partial charge in [0.1, 0.15) is 11.6 Å². The van der Waals surface area contributed by atoms with Crippen molar-refractivity contribution >= 4 is 66.1 Å². The van der Waals surface area contributed by atoms with Gasteiger partial charge in [-0.2, -0.15) is 0 Å². The number of anilines is 2. The van der Waals surface area contributed by atoms with Crippen LogP contribution in [0, 0.1) is 12.8 Å². The Bertz CT molecular complexity index is 1140. The first-order valence-corrected chi connectivity index (χ1v) is 12.5. The van der Waals surface area contributed by atoms with Crippen LogP contribution in [0.15, 0.2) is 42.7 Å². The second-order valence-electron chi connectivity index (χ2n) is 9.20. The summed E-state index contributed by atoms with van der Waals surface area (Å²) in [5, 5.41) is 4.44. The van der Waals surface area contributed by atoms with Crippen molar-refractivity contribution in [3.8, 4) is 10.6 Å². The molecule has 36 heavy (non-hydrogen) atoms. The van der Waals surface area contributed by atoms with Crippen molar-refractivity contribution in [3.63, 3.8) is 0 Å². The third-order valence-corrected chi connectivity index (χ3v) is 7.84. The second-order valence-corrected chi connectivity index (χ2v) is 10.3. The summed E-state index contributed by atoms with van der Waals surface area (Å²) in [6.45, 7) is 3.58. The molecule has 1 saturated carbocycles. The summed E-state index contributed by atoms with van der Waals surface area (Å²) in [5.74, 6) is 2.42. The number of carbonyl (C=O) groups is 1. The molecule has 0 aromatic carbocycles. The zero-order valence-corrected chi connectivity index (χ0v) is 23.4. The monoisotopic (exact) mass is 570 g/mol. The van der Waals surface area contributed by atoms with Crippen LogP contribution in [0.5, 0.6) is 0 Å². The molecule has 1 aliphatic carbocycles. The minimum atomic E-state index is 0. The Kier molecular flexibility index (Phi) is 11.4. The van der Waals surface area contributed by atoms with E-state index >= 15 is 0 Å². The maximum atomic E-state index is 12.8. The lowest BCUT2D eigenvalue weighted by atomic mass is 9.81. The third-order valence-electron chi connectivity index (χ3n) is 6.66. The number of aryl methyl sites for hydroxylation is 1. The molecule has 1 saturated heterocycles. The van der Waals surface area contributed by atoms with E-state index in [2.05, 4.69) is 10.3 Å². The number of nitrogens with zero attached hydrogens (tertiary/aromatic N) is 4. The van der Waals surface area contributed by atoms with Crippen molar-refractivity contribution in [2.24, 2.45) is 11.7 Å². The average Bonchev–Trinajstić information content (AvgIpc) is 3.49. The lowest BCUT2D eigenvalue weighted by Crippen LogP contribution is -2.37. The van der Waals surface area contributed by atoms with Gasteiger partial charge in [-0.05, 0) is 68.9 Å². The first kappa shape index (κ1) is 30.3. The molecular weight excluding hydrogens is 539 g/mol. The molecule has 0 bridgehead atoms. The van der Waals surface area contributed by atoms with Gasteiger partial charge in [0.25, 0.3) is 0 Å². The highest BCUT2D eigenvalue weighted by molar-refractivity contribution is 7.15. The van der Waals surface area contributed by atoms with Crippen molar-refractivity contribution < 1.29 is 4.79 Å². The van der Waals surface area contributed by atoms with Gasteiger partial charge < -0.3 is 16.0 Å². The van der Waals surface area contributed by atoms with Gasteiger partial charge in [-0.1, -0.05) is 6.07 Å². The summed E-state index contributed by atoms with van der Waals surface area (Å²) in [6.07, 6.45) is 8.54. The van der Waals surface area contributed by atoms with E-state index in [1.807, 2.05) is 48.4 Å². The molecule has 5 rings (SSSR count). The SMILES string of the molecule is Cc1ccnc(Nc2cccc(-c3cnc([C@H]4CC[C@H](C(=O)N5CCC(N)C5)CC4)s3)n2)c1.Cl.Cl.Cl. The minimum Gasteiger partial charge on any atom is -0.341 e. The maximum absolute atomic E-state index is 12.8. The molecule has 7 nitrogen and oxygen atoms in total. The zero-order valence-electron chi connectivity index (χ0n) is 20.1. The van der Waals surface area contributed by atoms with Crippen molar-refractivity contribution in [1.29, 1.82) is 0 Å². The zero-order chi connectivity index (χ0) is 22.8. The van der Waals surface area contributed by atoms with Crippen LogP contribution in [0.3, 0.4) is 0 Å². The molecule has 1 aliphatic heterocycles. The van der Waals surface area contributed by atoms with E-state index in [0.717, 1.165) is 78.0 Å². The average molecular weight is 572 g/mol. The Hall–Kier alpha value is -1.97. The topological polar surface area (TPSA) is 97.0 Å². The lowest BCUT2D eigenvalue weighted by molar-refractivity contribution is -0.135. The molecule has 2 fully saturated rings. The van der Waals surface area contributed by atoms with E-state index in [0.29, 0.717) is 11.8 Å². The molecule has 2 aliphatic rings. The van der Waals surface area contributed by atoms with Crippen LogP contribution in [0.25, 0.3) is 10.6 Å². The number of halogens is 3. The summed E-state index contributed by atoms with van der Waals surface area (Å²) in [4.78, 5) is 29.7. The lowest BCUT2D eigenvalue weighted by Gasteiger charge is -2.29. The van der Waals surface area contributed by atoms with Crippen LogP contribution in [0.1, 0.15) is 48.6 Å². The van der Waals surface area contributed by atoms with Crippen molar-refractivity contribution in [2.75, 3.05) is 18.4 Å². The number of likely N-dealkylation sites (tertiary alicyclic amines) is 1. The molecule has 0 spiro atoms. The molecule has 1 unspecified atom stereocenters. The number of rotatable bonds is 5. The number of thiazole rings is 1. The first-order valence-electron chi connectivity index (χ1n) is 11.7. The molecule has 3 N–H and O–H groups in total. The van der Waals surface area contributed by atoms with E-state index < -0.39 is 0 Å².